The van der Waals surface area contributed by atoms with Gasteiger partial charge in [0.25, 0.3) is 5.91 Å². The minimum Gasteiger partial charge on any atom is -0.335 e. The molecular formula is C18H18ClN2O2+. The lowest BCUT2D eigenvalue weighted by Crippen LogP contribution is -2.92. The number of rotatable bonds is 5. The van der Waals surface area contributed by atoms with Crippen molar-refractivity contribution in [1.29, 1.82) is 0 Å². The summed E-state index contributed by atoms with van der Waals surface area (Å²) in [7, 11) is 0. The van der Waals surface area contributed by atoms with Crippen molar-refractivity contribution in [2.45, 2.75) is 18.9 Å². The number of hydrogen-bond acceptors (Lipinski definition) is 2. The number of imide groups is 1. The quantitative estimate of drug-likeness (QED) is 0.850. The van der Waals surface area contributed by atoms with Gasteiger partial charge in [0.2, 0.25) is 5.91 Å². The Bertz CT molecular complexity index is 701. The van der Waals surface area contributed by atoms with Crippen molar-refractivity contribution in [3.8, 4) is 0 Å². The number of hydrogen-bond donors (Lipinski definition) is 1. The highest BCUT2D eigenvalue weighted by molar-refractivity contribution is 6.30. The first-order chi connectivity index (χ1) is 11.1. The van der Waals surface area contributed by atoms with E-state index in [2.05, 4.69) is 0 Å². The Morgan fingerprint density at radius 1 is 1.04 bits per heavy atom. The largest absolute Gasteiger partial charge is 0.335 e. The van der Waals surface area contributed by atoms with Crippen molar-refractivity contribution in [1.82, 2.24) is 0 Å². The first-order valence-electron chi connectivity index (χ1n) is 7.65. The Labute approximate surface area is 140 Å². The summed E-state index contributed by atoms with van der Waals surface area (Å²) in [6.45, 7) is 0.758. The van der Waals surface area contributed by atoms with E-state index in [1.807, 2.05) is 47.8 Å². The third-order valence-electron chi connectivity index (χ3n) is 3.99. The second-order valence-electron chi connectivity index (χ2n) is 5.61. The number of benzene rings is 2. The Hall–Kier alpha value is -2.17. The third-order valence-corrected chi connectivity index (χ3v) is 4.25. The molecule has 0 aromatic heterocycles. The van der Waals surface area contributed by atoms with Gasteiger partial charge in [-0.1, -0.05) is 41.9 Å². The average Bonchev–Trinajstić information content (AvgIpc) is 2.84. The lowest BCUT2D eigenvalue weighted by atomic mass is 10.1. The average molecular weight is 330 g/mol. The molecule has 1 atom stereocenters. The second-order valence-corrected chi connectivity index (χ2v) is 6.05. The fraction of sp³-hybridized carbons (Fsp3) is 0.222. The number of halogens is 1. The molecule has 0 spiro atoms. The summed E-state index contributed by atoms with van der Waals surface area (Å²) in [6, 6.07) is 16.4. The van der Waals surface area contributed by atoms with Crippen molar-refractivity contribution < 1.29 is 14.9 Å². The van der Waals surface area contributed by atoms with Crippen LogP contribution in [-0.4, -0.2) is 24.4 Å². The highest BCUT2D eigenvalue weighted by atomic mass is 35.5. The SMILES string of the molecule is O=C1C[C@@H]([NH2+]CCc2ccc(Cl)cc2)C(=O)N1c1ccccc1. The summed E-state index contributed by atoms with van der Waals surface area (Å²) >= 11 is 5.86. The maximum absolute atomic E-state index is 12.5. The lowest BCUT2D eigenvalue weighted by Gasteiger charge is -2.13. The number of para-hydroxylation sites is 1. The van der Waals surface area contributed by atoms with E-state index in [1.165, 1.54) is 10.5 Å². The van der Waals surface area contributed by atoms with E-state index in [4.69, 9.17) is 11.6 Å². The molecule has 0 radical (unpaired) electrons. The van der Waals surface area contributed by atoms with E-state index in [0.717, 1.165) is 13.0 Å². The van der Waals surface area contributed by atoms with E-state index in [-0.39, 0.29) is 24.3 Å². The fourth-order valence-electron chi connectivity index (χ4n) is 2.79. The van der Waals surface area contributed by atoms with Gasteiger partial charge in [-0.2, -0.15) is 0 Å². The molecule has 0 aliphatic carbocycles. The highest BCUT2D eigenvalue weighted by Crippen LogP contribution is 2.20. The van der Waals surface area contributed by atoms with Crippen molar-refractivity contribution in [2.24, 2.45) is 0 Å². The molecule has 1 fully saturated rings. The van der Waals surface area contributed by atoms with Gasteiger partial charge in [0.1, 0.15) is 0 Å². The van der Waals surface area contributed by atoms with Crippen LogP contribution in [0.4, 0.5) is 5.69 Å². The molecule has 3 rings (SSSR count). The normalized spacial score (nSPS) is 17.8. The summed E-state index contributed by atoms with van der Waals surface area (Å²) in [4.78, 5) is 25.9. The number of quaternary nitrogens is 1. The van der Waals surface area contributed by atoms with Gasteiger partial charge >= 0.3 is 0 Å². The van der Waals surface area contributed by atoms with Crippen LogP contribution in [0.15, 0.2) is 54.6 Å². The highest BCUT2D eigenvalue weighted by Gasteiger charge is 2.41. The first-order valence-corrected chi connectivity index (χ1v) is 8.02. The van der Waals surface area contributed by atoms with Crippen LogP contribution in [0.3, 0.4) is 0 Å². The Morgan fingerprint density at radius 3 is 2.43 bits per heavy atom. The maximum Gasteiger partial charge on any atom is 0.292 e. The van der Waals surface area contributed by atoms with Gasteiger partial charge in [-0.05, 0) is 29.8 Å². The van der Waals surface area contributed by atoms with Crippen LogP contribution in [0.1, 0.15) is 12.0 Å². The molecule has 0 unspecified atom stereocenters. The number of carbonyl (C=O) groups excluding carboxylic acids is 2. The minimum absolute atomic E-state index is 0.127. The van der Waals surface area contributed by atoms with Gasteiger partial charge < -0.3 is 5.32 Å². The number of amides is 2. The van der Waals surface area contributed by atoms with Crippen LogP contribution in [0.25, 0.3) is 0 Å². The molecule has 0 saturated carbocycles. The molecule has 1 aliphatic heterocycles. The topological polar surface area (TPSA) is 54.0 Å². The van der Waals surface area contributed by atoms with Crippen molar-refractivity contribution in [3.05, 3.63) is 65.2 Å². The molecule has 2 amide bonds. The van der Waals surface area contributed by atoms with Crippen molar-refractivity contribution >= 4 is 29.1 Å². The Kier molecular flexibility index (Phi) is 4.74. The zero-order chi connectivity index (χ0) is 16.2. The number of nitrogens with zero attached hydrogens (tertiary/aromatic N) is 1. The van der Waals surface area contributed by atoms with Crippen LogP contribution in [-0.2, 0) is 16.0 Å². The summed E-state index contributed by atoms with van der Waals surface area (Å²) in [5, 5.41) is 2.67. The third kappa shape index (κ3) is 3.60. The van der Waals surface area contributed by atoms with Crippen molar-refractivity contribution in [3.63, 3.8) is 0 Å². The summed E-state index contributed by atoms with van der Waals surface area (Å²) in [5.74, 6) is -0.258. The summed E-state index contributed by atoms with van der Waals surface area (Å²) in [6.07, 6.45) is 1.09. The van der Waals surface area contributed by atoms with E-state index in [9.17, 15) is 9.59 Å². The van der Waals surface area contributed by atoms with E-state index >= 15 is 0 Å². The van der Waals surface area contributed by atoms with Gasteiger partial charge in [-0.15, -0.1) is 0 Å². The lowest BCUT2D eigenvalue weighted by molar-refractivity contribution is -0.674. The fourth-order valence-corrected chi connectivity index (χ4v) is 2.92. The van der Waals surface area contributed by atoms with Crippen LogP contribution in [0.5, 0.6) is 0 Å². The predicted molar refractivity (Wildman–Crippen MR) is 89.3 cm³/mol. The van der Waals surface area contributed by atoms with Crippen LogP contribution >= 0.6 is 11.6 Å². The molecule has 1 saturated heterocycles. The standard InChI is InChI=1S/C18H17ClN2O2/c19-14-8-6-13(7-9-14)10-11-20-16-12-17(22)21(18(16)23)15-4-2-1-3-5-15/h1-9,16,20H,10-12H2/p+1/t16-/m1/s1. The van der Waals surface area contributed by atoms with Crippen molar-refractivity contribution in [2.75, 3.05) is 11.4 Å². The summed E-state index contributed by atoms with van der Waals surface area (Å²) in [5.41, 5.74) is 1.82. The Morgan fingerprint density at radius 2 is 1.74 bits per heavy atom. The zero-order valence-electron chi connectivity index (χ0n) is 12.6. The number of nitrogens with two attached hydrogens (primary N) is 1. The van der Waals surface area contributed by atoms with Gasteiger partial charge in [0, 0.05) is 11.4 Å². The van der Waals surface area contributed by atoms with Crippen LogP contribution in [0.2, 0.25) is 5.02 Å². The van der Waals surface area contributed by atoms with Gasteiger partial charge in [0.15, 0.2) is 6.04 Å². The zero-order valence-corrected chi connectivity index (χ0v) is 13.4. The molecule has 2 aromatic carbocycles. The molecular weight excluding hydrogens is 312 g/mol. The molecule has 1 aliphatic rings. The molecule has 2 N–H and O–H groups in total. The van der Waals surface area contributed by atoms with Gasteiger partial charge in [-0.3, -0.25) is 9.59 Å². The van der Waals surface area contributed by atoms with E-state index in [1.54, 1.807) is 12.1 Å². The molecule has 0 bridgehead atoms. The monoisotopic (exact) mass is 329 g/mol. The summed E-state index contributed by atoms with van der Waals surface area (Å²) < 4.78 is 0. The number of anilines is 1. The minimum atomic E-state index is -0.324. The maximum atomic E-state index is 12.5. The van der Waals surface area contributed by atoms with Gasteiger partial charge in [-0.25, -0.2) is 4.90 Å². The molecule has 2 aromatic rings. The van der Waals surface area contributed by atoms with E-state index < -0.39 is 0 Å². The molecule has 1 heterocycles. The molecule has 5 heteroatoms. The first kappa shape index (κ1) is 15.7. The second kappa shape index (κ2) is 6.94. The number of carbonyl (C=O) groups is 2. The molecule has 23 heavy (non-hydrogen) atoms. The predicted octanol–water partition coefficient (Wildman–Crippen LogP) is 1.78. The van der Waals surface area contributed by atoms with Crippen LogP contribution in [0, 0.1) is 0 Å². The van der Waals surface area contributed by atoms with E-state index in [0.29, 0.717) is 10.7 Å². The van der Waals surface area contributed by atoms with Gasteiger partial charge in [0.05, 0.1) is 18.7 Å². The smallest absolute Gasteiger partial charge is 0.292 e. The van der Waals surface area contributed by atoms with Crippen LogP contribution < -0.4 is 10.2 Å². The molecule has 4 nitrogen and oxygen atoms in total. The molecule has 118 valence electrons. The Balaban J connectivity index is 1.58.